The highest BCUT2D eigenvalue weighted by Gasteiger charge is 2.23. The van der Waals surface area contributed by atoms with Crippen molar-refractivity contribution in [1.29, 1.82) is 0 Å². The Labute approximate surface area is 140 Å². The smallest absolute Gasteiger partial charge is 0.296 e. The SMILES string of the molecule is Cc1ccc(-c2csc(NC(=O)c3[nH]ncc3[N+](=O)[O-])n2)c(C)c1. The molecule has 2 heterocycles. The highest BCUT2D eigenvalue weighted by molar-refractivity contribution is 7.14. The second-order valence-electron chi connectivity index (χ2n) is 5.20. The van der Waals surface area contributed by atoms with Gasteiger partial charge in [0.1, 0.15) is 6.20 Å². The molecule has 1 aromatic carbocycles. The van der Waals surface area contributed by atoms with Crippen LogP contribution >= 0.6 is 11.3 Å². The first-order valence-electron chi connectivity index (χ1n) is 6.98. The summed E-state index contributed by atoms with van der Waals surface area (Å²) in [4.78, 5) is 26.7. The molecule has 0 atom stereocenters. The molecular formula is C15H13N5O3S. The van der Waals surface area contributed by atoms with Gasteiger partial charge in [-0.2, -0.15) is 5.10 Å². The zero-order chi connectivity index (χ0) is 17.3. The van der Waals surface area contributed by atoms with Gasteiger partial charge in [0.25, 0.3) is 5.91 Å². The molecule has 2 N–H and O–H groups in total. The average molecular weight is 343 g/mol. The average Bonchev–Trinajstić information content (AvgIpc) is 3.16. The summed E-state index contributed by atoms with van der Waals surface area (Å²) in [5.74, 6) is -0.652. The van der Waals surface area contributed by atoms with E-state index in [-0.39, 0.29) is 11.4 Å². The van der Waals surface area contributed by atoms with Crippen molar-refractivity contribution in [3.63, 3.8) is 0 Å². The molecule has 0 aliphatic heterocycles. The van der Waals surface area contributed by atoms with E-state index >= 15 is 0 Å². The van der Waals surface area contributed by atoms with Crippen LogP contribution in [-0.2, 0) is 0 Å². The van der Waals surface area contributed by atoms with E-state index in [0.717, 1.165) is 28.6 Å². The summed E-state index contributed by atoms with van der Waals surface area (Å²) in [5.41, 5.74) is 3.38. The fourth-order valence-electron chi connectivity index (χ4n) is 2.30. The number of hydrogen-bond donors (Lipinski definition) is 2. The number of thiazole rings is 1. The normalized spacial score (nSPS) is 10.6. The van der Waals surface area contributed by atoms with Crippen molar-refractivity contribution in [3.05, 3.63) is 56.7 Å². The van der Waals surface area contributed by atoms with E-state index in [1.165, 1.54) is 11.3 Å². The van der Waals surface area contributed by atoms with Crippen LogP contribution in [0.4, 0.5) is 10.8 Å². The molecule has 0 spiro atoms. The number of benzene rings is 1. The van der Waals surface area contributed by atoms with Crippen LogP contribution in [0.5, 0.6) is 0 Å². The first kappa shape index (κ1) is 15.8. The van der Waals surface area contributed by atoms with Gasteiger partial charge in [0.05, 0.1) is 10.6 Å². The topological polar surface area (TPSA) is 114 Å². The number of H-pyrrole nitrogens is 1. The molecule has 0 bridgehead atoms. The Bertz CT molecular complexity index is 931. The molecule has 9 heteroatoms. The minimum absolute atomic E-state index is 0.205. The molecule has 0 saturated carbocycles. The number of nitrogens with one attached hydrogen (secondary N) is 2. The number of carbonyl (C=O) groups excluding carboxylic acids is 1. The van der Waals surface area contributed by atoms with Crippen molar-refractivity contribution < 1.29 is 9.72 Å². The predicted octanol–water partition coefficient (Wildman–Crippen LogP) is 3.31. The number of rotatable bonds is 4. The molecule has 0 fully saturated rings. The number of aromatic amines is 1. The first-order chi connectivity index (χ1) is 11.5. The molecule has 0 unspecified atom stereocenters. The van der Waals surface area contributed by atoms with E-state index in [0.29, 0.717) is 5.13 Å². The number of aromatic nitrogens is 3. The van der Waals surface area contributed by atoms with Gasteiger partial charge in [-0.3, -0.25) is 25.3 Å². The maximum atomic E-state index is 12.1. The highest BCUT2D eigenvalue weighted by atomic mass is 32.1. The van der Waals surface area contributed by atoms with E-state index in [1.54, 1.807) is 0 Å². The van der Waals surface area contributed by atoms with Gasteiger partial charge in [-0.15, -0.1) is 11.3 Å². The Kier molecular flexibility index (Phi) is 4.09. The lowest BCUT2D eigenvalue weighted by Gasteiger charge is -2.03. The van der Waals surface area contributed by atoms with Crippen LogP contribution in [-0.4, -0.2) is 26.0 Å². The number of aryl methyl sites for hydroxylation is 2. The second kappa shape index (κ2) is 6.20. The number of amides is 1. The third-order valence-corrected chi connectivity index (χ3v) is 4.18. The largest absolute Gasteiger partial charge is 0.319 e. The van der Waals surface area contributed by atoms with Gasteiger partial charge in [0.2, 0.25) is 5.69 Å². The van der Waals surface area contributed by atoms with Crippen LogP contribution in [0.1, 0.15) is 21.6 Å². The highest BCUT2D eigenvalue weighted by Crippen LogP contribution is 2.28. The molecule has 2 aromatic heterocycles. The molecule has 122 valence electrons. The molecule has 1 amide bonds. The van der Waals surface area contributed by atoms with Crippen LogP contribution in [0.3, 0.4) is 0 Å². The number of anilines is 1. The van der Waals surface area contributed by atoms with Crippen molar-refractivity contribution in [2.45, 2.75) is 13.8 Å². The maximum Gasteiger partial charge on any atom is 0.319 e. The van der Waals surface area contributed by atoms with Gasteiger partial charge >= 0.3 is 5.69 Å². The van der Waals surface area contributed by atoms with Crippen molar-refractivity contribution in [2.24, 2.45) is 0 Å². The monoisotopic (exact) mass is 343 g/mol. The first-order valence-corrected chi connectivity index (χ1v) is 7.86. The maximum absolute atomic E-state index is 12.1. The summed E-state index contributed by atoms with van der Waals surface area (Å²) >= 11 is 1.25. The van der Waals surface area contributed by atoms with Gasteiger partial charge in [-0.25, -0.2) is 4.98 Å². The lowest BCUT2D eigenvalue weighted by Crippen LogP contribution is -2.14. The van der Waals surface area contributed by atoms with Crippen LogP contribution < -0.4 is 5.32 Å². The Morgan fingerprint density at radius 3 is 2.88 bits per heavy atom. The fraction of sp³-hybridized carbons (Fsp3) is 0.133. The molecule has 0 aliphatic rings. The lowest BCUT2D eigenvalue weighted by molar-refractivity contribution is -0.385. The molecule has 3 rings (SSSR count). The number of nitrogens with zero attached hydrogens (tertiary/aromatic N) is 3. The Balaban J connectivity index is 1.82. The number of hydrogen-bond acceptors (Lipinski definition) is 6. The molecule has 8 nitrogen and oxygen atoms in total. The minimum atomic E-state index is -0.665. The number of nitro groups is 1. The fourth-order valence-corrected chi connectivity index (χ4v) is 3.01. The van der Waals surface area contributed by atoms with E-state index in [4.69, 9.17) is 0 Å². The summed E-state index contributed by atoms with van der Waals surface area (Å²) in [6.07, 6.45) is 0.998. The molecule has 0 aliphatic carbocycles. The predicted molar refractivity (Wildman–Crippen MR) is 90.2 cm³/mol. The standard InChI is InChI=1S/C15H13N5O3S/c1-8-3-4-10(9(2)5-8)11-7-24-15(17-11)18-14(21)13-12(20(22)23)6-16-19-13/h3-7H,1-2H3,(H,16,19)(H,17,18,21). The zero-order valence-electron chi connectivity index (χ0n) is 12.9. The van der Waals surface area contributed by atoms with Crippen molar-refractivity contribution in [3.8, 4) is 11.3 Å². The van der Waals surface area contributed by atoms with Crippen LogP contribution in [0, 0.1) is 24.0 Å². The molecular weight excluding hydrogens is 330 g/mol. The zero-order valence-corrected chi connectivity index (χ0v) is 13.7. The Morgan fingerprint density at radius 2 is 2.17 bits per heavy atom. The Hall–Kier alpha value is -3.07. The van der Waals surface area contributed by atoms with Crippen LogP contribution in [0.2, 0.25) is 0 Å². The summed E-state index contributed by atoms with van der Waals surface area (Å²) in [6.45, 7) is 4.01. The molecule has 0 saturated heterocycles. The van der Waals surface area contributed by atoms with E-state index in [1.807, 2.05) is 31.4 Å². The summed E-state index contributed by atoms with van der Waals surface area (Å²) < 4.78 is 0. The molecule has 24 heavy (non-hydrogen) atoms. The van der Waals surface area contributed by atoms with E-state index in [9.17, 15) is 14.9 Å². The van der Waals surface area contributed by atoms with Gasteiger partial charge < -0.3 is 0 Å². The van der Waals surface area contributed by atoms with Gasteiger partial charge in [-0.05, 0) is 19.4 Å². The summed E-state index contributed by atoms with van der Waals surface area (Å²) in [5, 5.41) is 21.5. The van der Waals surface area contributed by atoms with Gasteiger partial charge in [0.15, 0.2) is 5.13 Å². The van der Waals surface area contributed by atoms with Crippen LogP contribution in [0.15, 0.2) is 29.8 Å². The molecule has 3 aromatic rings. The van der Waals surface area contributed by atoms with Gasteiger partial charge in [-0.1, -0.05) is 23.8 Å². The Morgan fingerprint density at radius 1 is 1.38 bits per heavy atom. The van der Waals surface area contributed by atoms with E-state index < -0.39 is 10.8 Å². The summed E-state index contributed by atoms with van der Waals surface area (Å²) in [7, 11) is 0. The number of carbonyl (C=O) groups is 1. The lowest BCUT2D eigenvalue weighted by atomic mass is 10.0. The van der Waals surface area contributed by atoms with Crippen molar-refractivity contribution >= 4 is 28.1 Å². The third-order valence-electron chi connectivity index (χ3n) is 3.43. The van der Waals surface area contributed by atoms with Gasteiger partial charge in [0, 0.05) is 10.9 Å². The quantitative estimate of drug-likeness (QED) is 0.557. The van der Waals surface area contributed by atoms with Crippen molar-refractivity contribution in [1.82, 2.24) is 15.2 Å². The van der Waals surface area contributed by atoms with Crippen molar-refractivity contribution in [2.75, 3.05) is 5.32 Å². The molecule has 0 radical (unpaired) electrons. The third kappa shape index (κ3) is 3.01. The minimum Gasteiger partial charge on any atom is -0.296 e. The summed E-state index contributed by atoms with van der Waals surface area (Å²) in [6, 6.07) is 6.03. The van der Waals surface area contributed by atoms with Crippen LogP contribution in [0.25, 0.3) is 11.3 Å². The van der Waals surface area contributed by atoms with E-state index in [2.05, 4.69) is 26.6 Å². The second-order valence-corrected chi connectivity index (χ2v) is 6.06.